The number of rotatable bonds is 7. The smallest absolute Gasteiger partial charge is 0.416 e. The van der Waals surface area contributed by atoms with Gasteiger partial charge in [0.25, 0.3) is 0 Å². The van der Waals surface area contributed by atoms with E-state index in [9.17, 15) is 40.3 Å². The molecule has 0 spiro atoms. The summed E-state index contributed by atoms with van der Waals surface area (Å²) in [6.45, 7) is 5.11. The van der Waals surface area contributed by atoms with E-state index in [1.54, 1.807) is 0 Å². The number of ether oxygens (including phenoxy) is 2. The number of cyclic esters (lactones) is 1. The van der Waals surface area contributed by atoms with Gasteiger partial charge in [-0.1, -0.05) is 19.9 Å². The van der Waals surface area contributed by atoms with E-state index >= 15 is 8.78 Å². The number of carboxylic acid groups (broad SMARTS) is 1. The lowest BCUT2D eigenvalue weighted by Gasteiger charge is -2.36. The van der Waals surface area contributed by atoms with Gasteiger partial charge in [0.2, 0.25) is 0 Å². The Morgan fingerprint density at radius 2 is 1.56 bits per heavy atom. The molecule has 1 aliphatic heterocycles. The van der Waals surface area contributed by atoms with Gasteiger partial charge in [-0.2, -0.15) is 26.3 Å². The predicted octanol–water partition coefficient (Wildman–Crippen LogP) is 10.1. The van der Waals surface area contributed by atoms with Gasteiger partial charge in [0.15, 0.2) is 11.6 Å². The van der Waals surface area contributed by atoms with E-state index < -0.39 is 87.4 Å². The first-order valence-electron chi connectivity index (χ1n) is 15.2. The summed E-state index contributed by atoms with van der Waals surface area (Å²) < 4.78 is 137. The normalized spacial score (nSPS) is 19.5. The van der Waals surface area contributed by atoms with Crippen LogP contribution >= 0.6 is 0 Å². The molecule has 1 fully saturated rings. The number of hydrogen-bond acceptors (Lipinski definition) is 4. The van der Waals surface area contributed by atoms with Crippen LogP contribution in [0.3, 0.4) is 0 Å². The van der Waals surface area contributed by atoms with Gasteiger partial charge in [-0.25, -0.2) is 22.8 Å². The van der Waals surface area contributed by atoms with E-state index in [1.807, 2.05) is 13.8 Å². The van der Waals surface area contributed by atoms with Crippen molar-refractivity contribution < 1.29 is 63.7 Å². The minimum Gasteiger partial charge on any atom is -0.496 e. The van der Waals surface area contributed by atoms with Gasteiger partial charge < -0.3 is 14.6 Å². The van der Waals surface area contributed by atoms with Crippen molar-refractivity contribution in [1.82, 2.24) is 4.90 Å². The zero-order valence-corrected chi connectivity index (χ0v) is 27.0. The van der Waals surface area contributed by atoms with Crippen LogP contribution in [0.5, 0.6) is 5.75 Å². The first-order chi connectivity index (χ1) is 23.1. The molecule has 1 heterocycles. The Bertz CT molecular complexity index is 1870. The number of carbonyl (C=O) groups is 2. The van der Waals surface area contributed by atoms with Crippen LogP contribution in [0.25, 0.3) is 16.7 Å². The number of carboxylic acids is 1. The van der Waals surface area contributed by atoms with E-state index in [2.05, 4.69) is 0 Å². The maximum atomic E-state index is 15.4. The Morgan fingerprint density at radius 3 is 2.12 bits per heavy atom. The number of allylic oxidation sites excluding steroid dienone is 1. The van der Waals surface area contributed by atoms with E-state index in [4.69, 9.17) is 14.6 Å². The molecule has 1 N–H and O–H groups in total. The molecule has 50 heavy (non-hydrogen) atoms. The lowest BCUT2D eigenvalue weighted by atomic mass is 9.72. The van der Waals surface area contributed by atoms with E-state index in [0.29, 0.717) is 42.5 Å². The van der Waals surface area contributed by atoms with Crippen molar-refractivity contribution >= 4 is 17.6 Å². The van der Waals surface area contributed by atoms with Crippen molar-refractivity contribution in [3.63, 3.8) is 0 Å². The first-order valence-corrected chi connectivity index (χ1v) is 15.2. The second-order valence-electron chi connectivity index (χ2n) is 13.1. The summed E-state index contributed by atoms with van der Waals surface area (Å²) in [4.78, 5) is 25.7. The average Bonchev–Trinajstić information content (AvgIpc) is 3.29. The fraction of sp³-hybridized carbons (Fsp3) is 0.371. The van der Waals surface area contributed by atoms with Crippen LogP contribution in [0.15, 0.2) is 48.0 Å². The maximum absolute atomic E-state index is 15.4. The first kappa shape index (κ1) is 36.6. The van der Waals surface area contributed by atoms with Gasteiger partial charge in [-0.15, -0.1) is 0 Å². The fourth-order valence-corrected chi connectivity index (χ4v) is 6.49. The van der Waals surface area contributed by atoms with Crippen molar-refractivity contribution in [3.8, 4) is 16.9 Å². The second-order valence-corrected chi connectivity index (χ2v) is 13.1. The molecular formula is C35H30F9NO5. The molecule has 5 rings (SSSR count). The van der Waals surface area contributed by atoms with Gasteiger partial charge in [-0.3, -0.25) is 4.90 Å². The number of aromatic carboxylic acids is 1. The lowest BCUT2D eigenvalue weighted by Crippen LogP contribution is -2.35. The van der Waals surface area contributed by atoms with Crippen LogP contribution in [0.4, 0.5) is 44.3 Å². The minimum atomic E-state index is -5.12. The van der Waals surface area contributed by atoms with Crippen LogP contribution in [0, 0.1) is 22.9 Å². The monoisotopic (exact) mass is 715 g/mol. The van der Waals surface area contributed by atoms with Crippen molar-refractivity contribution in [2.24, 2.45) is 5.41 Å². The summed E-state index contributed by atoms with van der Waals surface area (Å²) in [7, 11) is 1.25. The third-order valence-corrected chi connectivity index (χ3v) is 9.08. The zero-order valence-electron chi connectivity index (χ0n) is 27.0. The third kappa shape index (κ3) is 6.99. The Morgan fingerprint density at radius 1 is 0.940 bits per heavy atom. The average molecular weight is 716 g/mol. The minimum absolute atomic E-state index is 0.0000570. The third-order valence-electron chi connectivity index (χ3n) is 9.08. The SMILES string of the molecule is COc1cc(F)c(-c2ccc(C(=O)O)c(F)c2F)cc1C1=C(CN2C(=O)O[C@H](c3cc(C(F)(F)F)cc(C(F)(F)F)c3)[C@@H]2C)CC(C)(C)CC1. The number of amides is 1. The van der Waals surface area contributed by atoms with Gasteiger partial charge in [0, 0.05) is 29.3 Å². The number of nitrogens with zero attached hydrogens (tertiary/aromatic N) is 1. The molecule has 1 saturated heterocycles. The van der Waals surface area contributed by atoms with Crippen LogP contribution in [-0.2, 0) is 17.1 Å². The second kappa shape index (κ2) is 12.9. The molecule has 0 aromatic heterocycles. The molecule has 268 valence electrons. The van der Waals surface area contributed by atoms with E-state index in [0.717, 1.165) is 18.2 Å². The number of hydrogen-bond donors (Lipinski definition) is 1. The largest absolute Gasteiger partial charge is 0.496 e. The molecule has 1 amide bonds. The standard InChI is InChI=1S/C35H30F9NO5/c1-16-30(17-9-19(34(39,40)41)11-20(10-17)35(42,43)44)50-32(48)45(16)15-18-14-33(2,3)8-7-21(18)25-12-24(26(36)13-27(25)49-4)22-5-6-23(31(46)47)29(38)28(22)37/h5-6,9-13,16,30H,7-8,14-15H2,1-4H3,(H,46,47)/t16-,30-/m0/s1. The highest BCUT2D eigenvalue weighted by atomic mass is 19.4. The molecule has 3 aromatic carbocycles. The lowest BCUT2D eigenvalue weighted by molar-refractivity contribution is -0.143. The Labute approximate surface area is 280 Å². The van der Waals surface area contributed by atoms with Gasteiger partial charge in [0.1, 0.15) is 17.7 Å². The molecule has 3 aromatic rings. The van der Waals surface area contributed by atoms with Crippen LogP contribution in [0.2, 0.25) is 0 Å². The topological polar surface area (TPSA) is 76.1 Å². The summed E-state index contributed by atoms with van der Waals surface area (Å²) in [6.07, 6.45) is -11.5. The maximum Gasteiger partial charge on any atom is 0.416 e. The van der Waals surface area contributed by atoms with Crippen molar-refractivity contribution in [2.45, 2.75) is 64.5 Å². The number of carbonyl (C=O) groups excluding carboxylic acids is 1. The molecule has 0 radical (unpaired) electrons. The number of methoxy groups -OCH3 is 1. The quantitative estimate of drug-likeness (QED) is 0.247. The number of alkyl halides is 6. The van der Waals surface area contributed by atoms with Gasteiger partial charge in [-0.05, 0) is 78.6 Å². The molecule has 1 aliphatic carbocycles. The van der Waals surface area contributed by atoms with E-state index in [1.165, 1.54) is 25.0 Å². The summed E-state index contributed by atoms with van der Waals surface area (Å²) in [6, 6.07) is 3.86. The number of halogens is 9. The van der Waals surface area contributed by atoms with Gasteiger partial charge >= 0.3 is 24.4 Å². The van der Waals surface area contributed by atoms with Crippen LogP contribution < -0.4 is 4.74 Å². The Balaban J connectivity index is 1.59. The van der Waals surface area contributed by atoms with Crippen molar-refractivity contribution in [1.29, 1.82) is 0 Å². The molecule has 0 bridgehead atoms. The molecule has 2 atom stereocenters. The van der Waals surface area contributed by atoms with Crippen molar-refractivity contribution in [3.05, 3.63) is 93.3 Å². The highest BCUT2D eigenvalue weighted by molar-refractivity contribution is 5.89. The summed E-state index contributed by atoms with van der Waals surface area (Å²) in [5.41, 5.74) is -4.54. The molecule has 2 aliphatic rings. The van der Waals surface area contributed by atoms with Gasteiger partial charge in [0.05, 0.1) is 29.8 Å². The van der Waals surface area contributed by atoms with E-state index in [-0.39, 0.29) is 29.3 Å². The summed E-state index contributed by atoms with van der Waals surface area (Å²) in [5.74, 6) is -6.02. The molecule has 0 unspecified atom stereocenters. The summed E-state index contributed by atoms with van der Waals surface area (Å²) >= 11 is 0. The highest BCUT2D eigenvalue weighted by Crippen LogP contribution is 2.48. The molecular weight excluding hydrogens is 685 g/mol. The molecule has 0 saturated carbocycles. The Hall–Kier alpha value is -4.69. The highest BCUT2D eigenvalue weighted by Gasteiger charge is 2.44. The number of benzene rings is 3. The van der Waals surface area contributed by atoms with Crippen LogP contribution in [0.1, 0.15) is 78.7 Å². The Kier molecular flexibility index (Phi) is 9.43. The van der Waals surface area contributed by atoms with Crippen LogP contribution in [-0.4, -0.2) is 41.8 Å². The predicted molar refractivity (Wildman–Crippen MR) is 162 cm³/mol. The zero-order chi connectivity index (χ0) is 37.1. The summed E-state index contributed by atoms with van der Waals surface area (Å²) in [5, 5.41) is 9.15. The van der Waals surface area contributed by atoms with Crippen molar-refractivity contribution in [2.75, 3.05) is 13.7 Å². The molecule has 6 nitrogen and oxygen atoms in total. The fourth-order valence-electron chi connectivity index (χ4n) is 6.49. The molecule has 15 heteroatoms.